The lowest BCUT2D eigenvalue weighted by Gasteiger charge is -2.31. The van der Waals surface area contributed by atoms with Crippen LogP contribution < -0.4 is 5.32 Å². The highest BCUT2D eigenvalue weighted by molar-refractivity contribution is 7.89. The van der Waals surface area contributed by atoms with Crippen LogP contribution in [0.25, 0.3) is 0 Å². The average Bonchev–Trinajstić information content (AvgIpc) is 2.73. The Labute approximate surface area is 180 Å². The second kappa shape index (κ2) is 8.74. The van der Waals surface area contributed by atoms with Crippen molar-refractivity contribution in [3.05, 3.63) is 59.7 Å². The number of carbonyl (C=O) groups is 1. The summed E-state index contributed by atoms with van der Waals surface area (Å²) in [7, 11) is -3.90. The zero-order chi connectivity index (χ0) is 23.7. The smallest absolute Gasteiger partial charge is 0.326 e. The molecular formula is C20H18F6N2O3S. The molecule has 0 unspecified atom stereocenters. The summed E-state index contributed by atoms with van der Waals surface area (Å²) >= 11 is 0. The van der Waals surface area contributed by atoms with Gasteiger partial charge >= 0.3 is 12.4 Å². The predicted octanol–water partition coefficient (Wildman–Crippen LogP) is 4.76. The van der Waals surface area contributed by atoms with Crippen LogP contribution in [0.5, 0.6) is 0 Å². The van der Waals surface area contributed by atoms with E-state index >= 15 is 0 Å². The van der Waals surface area contributed by atoms with Crippen LogP contribution in [0.4, 0.5) is 32.0 Å². The lowest BCUT2D eigenvalue weighted by Crippen LogP contribution is -2.43. The fourth-order valence-electron chi connectivity index (χ4n) is 3.39. The van der Waals surface area contributed by atoms with Gasteiger partial charge in [0, 0.05) is 18.8 Å². The first-order chi connectivity index (χ1) is 14.8. The second-order valence-electron chi connectivity index (χ2n) is 7.30. The molecule has 1 fully saturated rings. The molecular weight excluding hydrogens is 462 g/mol. The summed E-state index contributed by atoms with van der Waals surface area (Å²) in [6.07, 6.45) is -9.56. The Bertz CT molecular complexity index is 1050. The Kier molecular flexibility index (Phi) is 6.57. The molecule has 2 aromatic rings. The van der Waals surface area contributed by atoms with Crippen LogP contribution in [-0.2, 0) is 27.2 Å². The van der Waals surface area contributed by atoms with E-state index in [1.165, 1.54) is 24.3 Å². The molecule has 1 amide bonds. The number of nitrogens with zero attached hydrogens (tertiary/aromatic N) is 1. The summed E-state index contributed by atoms with van der Waals surface area (Å²) < 4.78 is 105. The van der Waals surface area contributed by atoms with Crippen LogP contribution in [0.15, 0.2) is 53.4 Å². The van der Waals surface area contributed by atoms with E-state index in [1.54, 1.807) is 6.07 Å². The third-order valence-electron chi connectivity index (χ3n) is 4.99. The van der Waals surface area contributed by atoms with Gasteiger partial charge in [-0.3, -0.25) is 4.79 Å². The predicted molar refractivity (Wildman–Crippen MR) is 103 cm³/mol. The van der Waals surface area contributed by atoms with Crippen molar-refractivity contribution in [3.63, 3.8) is 0 Å². The molecule has 0 spiro atoms. The number of carbonyl (C=O) groups excluding carboxylic acids is 1. The number of alkyl halides is 6. The monoisotopic (exact) mass is 480 g/mol. The first-order valence-electron chi connectivity index (χ1n) is 9.44. The van der Waals surface area contributed by atoms with Gasteiger partial charge in [-0.15, -0.1) is 0 Å². The van der Waals surface area contributed by atoms with Crippen molar-refractivity contribution in [1.29, 1.82) is 0 Å². The van der Waals surface area contributed by atoms with Gasteiger partial charge in [-0.25, -0.2) is 8.42 Å². The maximum absolute atomic E-state index is 13.0. The number of nitrogens with one attached hydrogen (secondary N) is 1. The van der Waals surface area contributed by atoms with E-state index in [0.717, 1.165) is 4.31 Å². The third-order valence-corrected chi connectivity index (χ3v) is 6.87. The van der Waals surface area contributed by atoms with Gasteiger partial charge in [0.25, 0.3) is 0 Å². The number of benzene rings is 2. The number of halogens is 6. The first-order valence-corrected chi connectivity index (χ1v) is 10.9. The highest BCUT2D eigenvalue weighted by Crippen LogP contribution is 2.37. The van der Waals surface area contributed by atoms with Gasteiger partial charge in [-0.2, -0.15) is 30.6 Å². The molecule has 3 rings (SSSR count). The number of anilines is 1. The van der Waals surface area contributed by atoms with Gasteiger partial charge in [-0.05, 0) is 43.2 Å². The van der Waals surface area contributed by atoms with Crippen LogP contribution in [0.2, 0.25) is 0 Å². The molecule has 12 heteroatoms. The van der Waals surface area contributed by atoms with Crippen molar-refractivity contribution in [2.45, 2.75) is 30.1 Å². The number of hydrogen-bond donors (Lipinski definition) is 1. The molecule has 174 valence electrons. The highest BCUT2D eigenvalue weighted by atomic mass is 32.2. The largest absolute Gasteiger partial charge is 0.416 e. The molecule has 0 saturated carbocycles. The first kappa shape index (κ1) is 24.1. The SMILES string of the molecule is O=C(Nc1cc(C(F)(F)F)cc(C(F)(F)F)c1)[C@H]1CCCN(S(=O)(=O)c2ccccc2)C1. The summed E-state index contributed by atoms with van der Waals surface area (Å²) in [6, 6.07) is 8.27. The van der Waals surface area contributed by atoms with E-state index in [9.17, 15) is 39.6 Å². The van der Waals surface area contributed by atoms with E-state index in [-0.39, 0.29) is 30.5 Å². The van der Waals surface area contributed by atoms with Gasteiger partial charge < -0.3 is 5.32 Å². The molecule has 1 saturated heterocycles. The Morgan fingerprint density at radius 3 is 2.03 bits per heavy atom. The molecule has 1 N–H and O–H groups in total. The van der Waals surface area contributed by atoms with Crippen molar-refractivity contribution in [3.8, 4) is 0 Å². The van der Waals surface area contributed by atoms with Gasteiger partial charge in [0.1, 0.15) is 0 Å². The van der Waals surface area contributed by atoms with Crippen LogP contribution >= 0.6 is 0 Å². The van der Waals surface area contributed by atoms with Gasteiger partial charge in [0.15, 0.2) is 0 Å². The number of piperidine rings is 1. The molecule has 0 bridgehead atoms. The van der Waals surface area contributed by atoms with Gasteiger partial charge in [-0.1, -0.05) is 18.2 Å². The summed E-state index contributed by atoms with van der Waals surface area (Å²) in [5, 5.41) is 2.09. The molecule has 1 aliphatic heterocycles. The molecule has 2 aromatic carbocycles. The number of amides is 1. The quantitative estimate of drug-likeness (QED) is 0.642. The van der Waals surface area contributed by atoms with Crippen LogP contribution in [0.3, 0.4) is 0 Å². The number of rotatable bonds is 4. The van der Waals surface area contributed by atoms with Crippen LogP contribution in [0.1, 0.15) is 24.0 Å². The minimum atomic E-state index is -5.05. The Morgan fingerprint density at radius 1 is 0.938 bits per heavy atom. The van der Waals surface area contributed by atoms with E-state index in [1.807, 2.05) is 0 Å². The summed E-state index contributed by atoms with van der Waals surface area (Å²) in [6.45, 7) is -0.100. The molecule has 32 heavy (non-hydrogen) atoms. The lowest BCUT2D eigenvalue weighted by atomic mass is 9.98. The third kappa shape index (κ3) is 5.41. The molecule has 1 aliphatic rings. The molecule has 0 aromatic heterocycles. The summed E-state index contributed by atoms with van der Waals surface area (Å²) in [4.78, 5) is 12.6. The lowest BCUT2D eigenvalue weighted by molar-refractivity contribution is -0.143. The molecule has 1 atom stereocenters. The van der Waals surface area contributed by atoms with Gasteiger partial charge in [0.05, 0.1) is 21.9 Å². The van der Waals surface area contributed by atoms with Crippen molar-refractivity contribution >= 4 is 21.6 Å². The molecule has 0 aliphatic carbocycles. The van der Waals surface area contributed by atoms with Crippen molar-refractivity contribution in [1.82, 2.24) is 4.31 Å². The topological polar surface area (TPSA) is 66.5 Å². The Hall–Kier alpha value is -2.60. The van der Waals surface area contributed by atoms with E-state index in [4.69, 9.17) is 0 Å². The number of sulfonamides is 1. The van der Waals surface area contributed by atoms with Crippen molar-refractivity contribution in [2.24, 2.45) is 5.92 Å². The molecule has 1 heterocycles. The fraction of sp³-hybridized carbons (Fsp3) is 0.350. The molecule has 5 nitrogen and oxygen atoms in total. The second-order valence-corrected chi connectivity index (χ2v) is 9.24. The minimum Gasteiger partial charge on any atom is -0.326 e. The maximum atomic E-state index is 13.0. The van der Waals surface area contributed by atoms with Crippen molar-refractivity contribution in [2.75, 3.05) is 18.4 Å². The van der Waals surface area contributed by atoms with Gasteiger partial charge in [0.2, 0.25) is 15.9 Å². The van der Waals surface area contributed by atoms with E-state index in [2.05, 4.69) is 5.32 Å². The Balaban J connectivity index is 1.81. The molecule has 0 radical (unpaired) electrons. The Morgan fingerprint density at radius 2 is 1.50 bits per heavy atom. The fourth-order valence-corrected chi connectivity index (χ4v) is 4.93. The van der Waals surface area contributed by atoms with E-state index in [0.29, 0.717) is 18.6 Å². The number of hydrogen-bond acceptors (Lipinski definition) is 3. The maximum Gasteiger partial charge on any atom is 0.416 e. The highest BCUT2D eigenvalue weighted by Gasteiger charge is 2.38. The van der Waals surface area contributed by atoms with Crippen LogP contribution in [-0.4, -0.2) is 31.7 Å². The summed E-state index contributed by atoms with van der Waals surface area (Å²) in [5.74, 6) is -1.79. The van der Waals surface area contributed by atoms with Crippen molar-refractivity contribution < 1.29 is 39.6 Å². The standard InChI is InChI=1S/C20H18F6N2O3S/c21-19(22,23)14-9-15(20(24,25)26)11-16(10-14)27-18(29)13-5-4-8-28(12-13)32(30,31)17-6-2-1-3-7-17/h1-3,6-7,9-11,13H,4-5,8,12H2,(H,27,29)/t13-/m0/s1. The minimum absolute atomic E-state index is 0.0220. The normalized spacial score (nSPS) is 18.4. The summed E-state index contributed by atoms with van der Waals surface area (Å²) in [5.41, 5.74) is -3.78. The zero-order valence-corrected chi connectivity index (χ0v) is 17.2. The average molecular weight is 480 g/mol. The van der Waals surface area contributed by atoms with Crippen LogP contribution in [0, 0.1) is 5.92 Å². The zero-order valence-electron chi connectivity index (χ0n) is 16.4. The van der Waals surface area contributed by atoms with E-state index < -0.39 is 51.0 Å².